The van der Waals surface area contributed by atoms with Gasteiger partial charge in [0.2, 0.25) is 0 Å². The minimum absolute atomic E-state index is 0.292. The molecule has 2 saturated carbocycles. The average Bonchev–Trinajstić information content (AvgIpc) is 2.62. The van der Waals surface area contributed by atoms with Crippen molar-refractivity contribution in [3.05, 3.63) is 0 Å². The van der Waals surface area contributed by atoms with Crippen molar-refractivity contribution in [3.8, 4) is 0 Å². The molecule has 0 aromatic carbocycles. The number of alkyl halides is 1. The van der Waals surface area contributed by atoms with E-state index in [4.69, 9.17) is 23.2 Å². The predicted molar refractivity (Wildman–Crippen MR) is 53.2 cm³/mol. The summed E-state index contributed by atoms with van der Waals surface area (Å²) in [5.41, 5.74) is 0. The maximum Gasteiger partial charge on any atom is 0.121 e. The summed E-state index contributed by atoms with van der Waals surface area (Å²) in [5.74, 6) is 1.39. The molecular weight excluding hydrogens is 193 g/mol. The van der Waals surface area contributed by atoms with E-state index in [1.807, 2.05) is 0 Å². The Labute approximate surface area is 83.1 Å². The summed E-state index contributed by atoms with van der Waals surface area (Å²) in [7, 11) is 1.72. The van der Waals surface area contributed by atoms with Crippen molar-refractivity contribution in [1.29, 1.82) is 0 Å². The molecule has 1 nitrogen and oxygen atoms in total. The van der Waals surface area contributed by atoms with E-state index >= 15 is 0 Å². The summed E-state index contributed by atoms with van der Waals surface area (Å²) in [6.07, 6.45) is 4.87. The first-order chi connectivity index (χ1) is 5.66. The third-order valence-electron chi connectivity index (χ3n) is 3.31. The third-order valence-corrected chi connectivity index (χ3v) is 4.56. The molecule has 0 amide bonds. The van der Waals surface area contributed by atoms with Crippen LogP contribution in [0.15, 0.2) is 4.99 Å². The average molecular weight is 206 g/mol. The summed E-state index contributed by atoms with van der Waals surface area (Å²) < 4.78 is 0. The molecule has 2 rings (SSSR count). The first-order valence-corrected chi connectivity index (χ1v) is 5.24. The fourth-order valence-electron chi connectivity index (χ4n) is 2.70. The van der Waals surface area contributed by atoms with Crippen molar-refractivity contribution < 1.29 is 0 Å². The molecule has 0 N–H and O–H groups in total. The van der Waals surface area contributed by atoms with Crippen LogP contribution in [0.1, 0.15) is 25.7 Å². The SMILES string of the molecule is CN=C(Cl)[C@]1(Cl)C[C@H]2CC[C@@H]1C2. The highest BCUT2D eigenvalue weighted by Crippen LogP contribution is 2.55. The maximum absolute atomic E-state index is 6.46. The minimum atomic E-state index is -0.292. The quantitative estimate of drug-likeness (QED) is 0.461. The van der Waals surface area contributed by atoms with Gasteiger partial charge in [-0.15, -0.1) is 11.6 Å². The van der Waals surface area contributed by atoms with Crippen molar-refractivity contribution >= 4 is 28.4 Å². The Hall–Kier alpha value is 0.250. The molecule has 0 radical (unpaired) electrons. The van der Waals surface area contributed by atoms with Crippen LogP contribution in [-0.4, -0.2) is 17.1 Å². The number of fused-ring (bicyclic) bond motifs is 2. The van der Waals surface area contributed by atoms with E-state index in [1.54, 1.807) is 7.05 Å². The maximum atomic E-state index is 6.46. The van der Waals surface area contributed by atoms with Crippen LogP contribution in [0.5, 0.6) is 0 Å². The van der Waals surface area contributed by atoms with Gasteiger partial charge in [-0.2, -0.15) is 0 Å². The highest BCUT2D eigenvalue weighted by atomic mass is 35.5. The van der Waals surface area contributed by atoms with Crippen molar-refractivity contribution in [2.45, 2.75) is 30.6 Å². The van der Waals surface area contributed by atoms with Crippen LogP contribution in [-0.2, 0) is 0 Å². The van der Waals surface area contributed by atoms with Gasteiger partial charge in [-0.05, 0) is 31.1 Å². The highest BCUT2D eigenvalue weighted by molar-refractivity contribution is 6.72. The van der Waals surface area contributed by atoms with Gasteiger partial charge in [0.05, 0.1) is 0 Å². The zero-order valence-corrected chi connectivity index (χ0v) is 8.70. The van der Waals surface area contributed by atoms with Crippen molar-refractivity contribution in [2.24, 2.45) is 16.8 Å². The van der Waals surface area contributed by atoms with Gasteiger partial charge in [-0.25, -0.2) is 0 Å². The number of aliphatic imine (C=N–C) groups is 1. The van der Waals surface area contributed by atoms with E-state index in [2.05, 4.69) is 4.99 Å². The first-order valence-electron chi connectivity index (χ1n) is 4.48. The molecule has 3 atom stereocenters. The molecule has 3 heteroatoms. The van der Waals surface area contributed by atoms with Crippen molar-refractivity contribution in [1.82, 2.24) is 0 Å². The summed E-state index contributed by atoms with van der Waals surface area (Å²) in [5, 5.41) is 0.622. The van der Waals surface area contributed by atoms with E-state index in [1.165, 1.54) is 19.3 Å². The topological polar surface area (TPSA) is 12.4 Å². The monoisotopic (exact) mass is 205 g/mol. The molecule has 2 aliphatic rings. The van der Waals surface area contributed by atoms with Gasteiger partial charge in [0.15, 0.2) is 0 Å². The second-order valence-corrected chi connectivity index (χ2v) is 4.99. The molecule has 2 bridgehead atoms. The van der Waals surface area contributed by atoms with Crippen LogP contribution < -0.4 is 0 Å². The van der Waals surface area contributed by atoms with E-state index in [0.717, 1.165) is 12.3 Å². The Kier molecular flexibility index (Phi) is 2.12. The van der Waals surface area contributed by atoms with Gasteiger partial charge in [-0.1, -0.05) is 18.0 Å². The molecule has 0 aromatic rings. The molecule has 0 heterocycles. The molecule has 2 fully saturated rings. The van der Waals surface area contributed by atoms with Gasteiger partial charge >= 0.3 is 0 Å². The minimum Gasteiger partial charge on any atom is -0.279 e. The molecule has 0 saturated heterocycles. The van der Waals surface area contributed by atoms with Crippen LogP contribution in [0.4, 0.5) is 0 Å². The standard InChI is InChI=1S/C9H13Cl2N/c1-12-8(10)9(11)5-6-2-3-7(9)4-6/h6-7H,2-5H2,1H3/t6-,7+,9-/m0/s1. The fraction of sp³-hybridized carbons (Fsp3) is 0.889. The van der Waals surface area contributed by atoms with Crippen molar-refractivity contribution in [2.75, 3.05) is 7.05 Å². The van der Waals surface area contributed by atoms with Crippen molar-refractivity contribution in [3.63, 3.8) is 0 Å². The van der Waals surface area contributed by atoms with Gasteiger partial charge in [0, 0.05) is 7.05 Å². The summed E-state index contributed by atoms with van der Waals surface area (Å²) in [4.78, 5) is 3.72. The third kappa shape index (κ3) is 1.10. The summed E-state index contributed by atoms with van der Waals surface area (Å²) in [6.45, 7) is 0. The fourth-order valence-corrected chi connectivity index (χ4v) is 3.43. The smallest absolute Gasteiger partial charge is 0.121 e. The predicted octanol–water partition coefficient (Wildman–Crippen LogP) is 3.05. The molecule has 12 heavy (non-hydrogen) atoms. The van der Waals surface area contributed by atoms with Gasteiger partial charge in [0.25, 0.3) is 0 Å². The Morgan fingerprint density at radius 3 is 2.67 bits per heavy atom. The zero-order valence-electron chi connectivity index (χ0n) is 7.19. The van der Waals surface area contributed by atoms with Crippen LogP contribution in [0.2, 0.25) is 0 Å². The molecular formula is C9H13Cl2N. The first kappa shape index (κ1) is 8.83. The second kappa shape index (κ2) is 2.88. The number of nitrogens with zero attached hydrogens (tertiary/aromatic N) is 1. The summed E-state index contributed by atoms with van der Waals surface area (Å²) >= 11 is 12.5. The lowest BCUT2D eigenvalue weighted by atomic mass is 9.89. The largest absolute Gasteiger partial charge is 0.279 e. The molecule has 68 valence electrons. The molecule has 0 aliphatic heterocycles. The normalized spacial score (nSPS) is 47.1. The van der Waals surface area contributed by atoms with E-state index in [-0.39, 0.29) is 4.87 Å². The van der Waals surface area contributed by atoms with Gasteiger partial charge < -0.3 is 0 Å². The summed E-state index contributed by atoms with van der Waals surface area (Å²) in [6, 6.07) is 0. The molecule has 0 spiro atoms. The number of halogens is 2. The Balaban J connectivity index is 2.23. The van der Waals surface area contributed by atoms with Crippen LogP contribution >= 0.6 is 23.2 Å². The molecule has 2 aliphatic carbocycles. The lowest BCUT2D eigenvalue weighted by molar-refractivity contribution is 0.443. The molecule has 0 aromatic heterocycles. The van der Waals surface area contributed by atoms with Gasteiger partial charge in [-0.3, -0.25) is 4.99 Å². The van der Waals surface area contributed by atoms with E-state index in [0.29, 0.717) is 11.1 Å². The highest BCUT2D eigenvalue weighted by Gasteiger charge is 2.52. The van der Waals surface area contributed by atoms with E-state index < -0.39 is 0 Å². The lowest BCUT2D eigenvalue weighted by Crippen LogP contribution is -2.35. The number of hydrogen-bond donors (Lipinski definition) is 0. The number of hydrogen-bond acceptors (Lipinski definition) is 1. The molecule has 0 unspecified atom stereocenters. The second-order valence-electron chi connectivity index (χ2n) is 3.96. The van der Waals surface area contributed by atoms with Crippen LogP contribution in [0.25, 0.3) is 0 Å². The lowest BCUT2D eigenvalue weighted by Gasteiger charge is -2.29. The van der Waals surface area contributed by atoms with Gasteiger partial charge in [0.1, 0.15) is 10.0 Å². The Morgan fingerprint density at radius 1 is 1.50 bits per heavy atom. The Bertz CT molecular complexity index is 227. The number of rotatable bonds is 1. The zero-order chi connectivity index (χ0) is 8.77. The Morgan fingerprint density at radius 2 is 2.25 bits per heavy atom. The van der Waals surface area contributed by atoms with Crippen LogP contribution in [0, 0.1) is 11.8 Å². The van der Waals surface area contributed by atoms with E-state index in [9.17, 15) is 0 Å². The van der Waals surface area contributed by atoms with Crippen LogP contribution in [0.3, 0.4) is 0 Å².